The van der Waals surface area contributed by atoms with Crippen molar-refractivity contribution >= 4 is 5.69 Å². The molecule has 1 heterocycles. The van der Waals surface area contributed by atoms with E-state index in [-0.39, 0.29) is 0 Å². The Hall–Kier alpha value is -1.02. The van der Waals surface area contributed by atoms with Crippen molar-refractivity contribution in [1.82, 2.24) is 4.90 Å². The van der Waals surface area contributed by atoms with Crippen molar-refractivity contribution in [2.24, 2.45) is 0 Å². The summed E-state index contributed by atoms with van der Waals surface area (Å²) in [6.07, 6.45) is 3.75. The first kappa shape index (κ1) is 11.5. The second kappa shape index (κ2) is 5.35. The minimum Gasteiger partial charge on any atom is -0.384 e. The summed E-state index contributed by atoms with van der Waals surface area (Å²) in [5.74, 6) is 0. The van der Waals surface area contributed by atoms with E-state index in [0.29, 0.717) is 0 Å². The third kappa shape index (κ3) is 2.76. The Balaban J connectivity index is 1.94. The van der Waals surface area contributed by atoms with Gasteiger partial charge in [0.05, 0.1) is 0 Å². The van der Waals surface area contributed by atoms with Gasteiger partial charge in [-0.25, -0.2) is 0 Å². The first-order valence-corrected chi connectivity index (χ1v) is 6.34. The van der Waals surface area contributed by atoms with Crippen molar-refractivity contribution in [3.05, 3.63) is 29.3 Å². The van der Waals surface area contributed by atoms with Gasteiger partial charge in [-0.15, -0.1) is 0 Å². The molecule has 0 aromatic heterocycles. The molecule has 0 fully saturated rings. The molecule has 0 radical (unpaired) electrons. The number of hydrogen-bond acceptors (Lipinski definition) is 2. The molecule has 16 heavy (non-hydrogen) atoms. The van der Waals surface area contributed by atoms with Crippen molar-refractivity contribution in [2.75, 3.05) is 25.5 Å². The lowest BCUT2D eigenvalue weighted by molar-refractivity contribution is 0.321. The Morgan fingerprint density at radius 1 is 1.38 bits per heavy atom. The number of benzene rings is 1. The summed E-state index contributed by atoms with van der Waals surface area (Å²) < 4.78 is 0. The van der Waals surface area contributed by atoms with E-state index in [1.165, 1.54) is 42.6 Å². The summed E-state index contributed by atoms with van der Waals surface area (Å²) in [7, 11) is 2.20. The van der Waals surface area contributed by atoms with Crippen LogP contribution < -0.4 is 5.32 Å². The SMILES string of the molecule is CCCCN(C)Cc1ccc2c(c1)NCC2. The molecule has 0 saturated heterocycles. The van der Waals surface area contributed by atoms with Gasteiger partial charge in [-0.3, -0.25) is 0 Å². The summed E-state index contributed by atoms with van der Waals surface area (Å²) in [4.78, 5) is 2.40. The number of nitrogens with one attached hydrogen (secondary N) is 1. The van der Waals surface area contributed by atoms with Gasteiger partial charge >= 0.3 is 0 Å². The zero-order valence-corrected chi connectivity index (χ0v) is 10.4. The van der Waals surface area contributed by atoms with Crippen molar-refractivity contribution in [3.63, 3.8) is 0 Å². The lowest BCUT2D eigenvalue weighted by Gasteiger charge is -2.16. The van der Waals surface area contributed by atoms with Gasteiger partial charge < -0.3 is 10.2 Å². The molecule has 0 saturated carbocycles. The smallest absolute Gasteiger partial charge is 0.0376 e. The van der Waals surface area contributed by atoms with Gasteiger partial charge in [-0.05, 0) is 43.6 Å². The predicted molar refractivity (Wildman–Crippen MR) is 69.9 cm³/mol. The maximum Gasteiger partial charge on any atom is 0.0376 e. The number of nitrogens with zero attached hydrogens (tertiary/aromatic N) is 1. The maximum absolute atomic E-state index is 3.44. The molecule has 2 rings (SSSR count). The van der Waals surface area contributed by atoms with Crippen LogP contribution in [0.4, 0.5) is 5.69 Å². The van der Waals surface area contributed by atoms with Gasteiger partial charge in [-0.1, -0.05) is 25.5 Å². The van der Waals surface area contributed by atoms with Gasteiger partial charge in [0.1, 0.15) is 0 Å². The lowest BCUT2D eigenvalue weighted by Crippen LogP contribution is -2.18. The van der Waals surface area contributed by atoms with Crippen LogP contribution in [-0.4, -0.2) is 25.0 Å². The first-order chi connectivity index (χ1) is 7.79. The minimum absolute atomic E-state index is 1.06. The van der Waals surface area contributed by atoms with Crippen LogP contribution in [0.2, 0.25) is 0 Å². The maximum atomic E-state index is 3.44. The molecule has 1 aliphatic rings. The monoisotopic (exact) mass is 218 g/mol. The van der Waals surface area contributed by atoms with E-state index in [4.69, 9.17) is 0 Å². The van der Waals surface area contributed by atoms with E-state index in [9.17, 15) is 0 Å². The minimum atomic E-state index is 1.06. The number of hydrogen-bond donors (Lipinski definition) is 1. The molecule has 0 unspecified atom stereocenters. The molecule has 1 aromatic rings. The highest BCUT2D eigenvalue weighted by atomic mass is 15.1. The molecule has 0 bridgehead atoms. The number of anilines is 1. The predicted octanol–water partition coefficient (Wildman–Crippen LogP) is 2.89. The third-order valence-electron chi connectivity index (χ3n) is 3.23. The van der Waals surface area contributed by atoms with E-state index in [1.807, 2.05) is 0 Å². The average molecular weight is 218 g/mol. The Kier molecular flexibility index (Phi) is 3.83. The molecule has 0 atom stereocenters. The van der Waals surface area contributed by atoms with Crippen LogP contribution in [-0.2, 0) is 13.0 Å². The Morgan fingerprint density at radius 3 is 3.06 bits per heavy atom. The van der Waals surface area contributed by atoms with Crippen LogP contribution in [0.15, 0.2) is 18.2 Å². The summed E-state index contributed by atoms with van der Waals surface area (Å²) in [5, 5.41) is 3.44. The largest absolute Gasteiger partial charge is 0.384 e. The van der Waals surface area contributed by atoms with E-state index < -0.39 is 0 Å². The Morgan fingerprint density at radius 2 is 2.25 bits per heavy atom. The second-order valence-corrected chi connectivity index (χ2v) is 4.76. The third-order valence-corrected chi connectivity index (χ3v) is 3.23. The number of unbranched alkanes of at least 4 members (excludes halogenated alkanes) is 1. The Labute approximate surface area is 98.7 Å². The molecular weight excluding hydrogens is 196 g/mol. The van der Waals surface area contributed by atoms with Gasteiger partial charge in [0.15, 0.2) is 0 Å². The van der Waals surface area contributed by atoms with Crippen LogP contribution in [0.25, 0.3) is 0 Å². The van der Waals surface area contributed by atoms with Crippen LogP contribution in [0.5, 0.6) is 0 Å². The number of fused-ring (bicyclic) bond motifs is 1. The molecule has 1 aromatic carbocycles. The van der Waals surface area contributed by atoms with Crippen molar-refractivity contribution in [1.29, 1.82) is 0 Å². The summed E-state index contributed by atoms with van der Waals surface area (Å²) in [5.41, 5.74) is 4.24. The summed E-state index contributed by atoms with van der Waals surface area (Å²) in [6.45, 7) is 5.60. The molecule has 88 valence electrons. The zero-order chi connectivity index (χ0) is 11.4. The number of rotatable bonds is 5. The van der Waals surface area contributed by atoms with Crippen LogP contribution in [0, 0.1) is 0 Å². The highest BCUT2D eigenvalue weighted by Crippen LogP contribution is 2.23. The average Bonchev–Trinajstić information content (AvgIpc) is 2.73. The molecule has 1 aliphatic heterocycles. The van der Waals surface area contributed by atoms with Gasteiger partial charge in [-0.2, -0.15) is 0 Å². The lowest BCUT2D eigenvalue weighted by atomic mass is 10.1. The fraction of sp³-hybridized carbons (Fsp3) is 0.571. The Bertz CT molecular complexity index is 347. The topological polar surface area (TPSA) is 15.3 Å². The van der Waals surface area contributed by atoms with E-state index >= 15 is 0 Å². The van der Waals surface area contributed by atoms with Crippen LogP contribution in [0.1, 0.15) is 30.9 Å². The van der Waals surface area contributed by atoms with Crippen molar-refractivity contribution in [3.8, 4) is 0 Å². The molecule has 0 aliphatic carbocycles. The zero-order valence-electron chi connectivity index (χ0n) is 10.4. The molecule has 2 heteroatoms. The first-order valence-electron chi connectivity index (χ1n) is 6.34. The second-order valence-electron chi connectivity index (χ2n) is 4.76. The fourth-order valence-electron chi connectivity index (χ4n) is 2.26. The highest BCUT2D eigenvalue weighted by molar-refractivity contribution is 5.56. The van der Waals surface area contributed by atoms with Gasteiger partial charge in [0.25, 0.3) is 0 Å². The normalized spacial score (nSPS) is 13.9. The van der Waals surface area contributed by atoms with Gasteiger partial charge in [0.2, 0.25) is 0 Å². The van der Waals surface area contributed by atoms with Crippen LogP contribution >= 0.6 is 0 Å². The van der Waals surface area contributed by atoms with Gasteiger partial charge in [0, 0.05) is 18.8 Å². The van der Waals surface area contributed by atoms with Crippen molar-refractivity contribution in [2.45, 2.75) is 32.7 Å². The molecule has 0 spiro atoms. The van der Waals surface area contributed by atoms with E-state index in [1.54, 1.807) is 0 Å². The molecule has 1 N–H and O–H groups in total. The summed E-state index contributed by atoms with van der Waals surface area (Å²) >= 11 is 0. The van der Waals surface area contributed by atoms with Crippen molar-refractivity contribution < 1.29 is 0 Å². The standard InChI is InChI=1S/C14H22N2/c1-3-4-9-16(2)11-12-5-6-13-7-8-15-14(13)10-12/h5-6,10,15H,3-4,7-9,11H2,1-2H3. The fourth-order valence-corrected chi connectivity index (χ4v) is 2.26. The summed E-state index contributed by atoms with van der Waals surface area (Å²) in [6, 6.07) is 6.86. The molecular formula is C14H22N2. The highest BCUT2D eigenvalue weighted by Gasteiger charge is 2.10. The molecule has 0 amide bonds. The quantitative estimate of drug-likeness (QED) is 0.817. The molecule has 2 nitrogen and oxygen atoms in total. The van der Waals surface area contributed by atoms with E-state index in [0.717, 1.165) is 13.1 Å². The van der Waals surface area contributed by atoms with E-state index in [2.05, 4.69) is 42.4 Å². The van der Waals surface area contributed by atoms with Crippen LogP contribution in [0.3, 0.4) is 0 Å².